The molecule has 5 heteroatoms. The maximum atomic E-state index is 12.1. The van der Waals surface area contributed by atoms with Gasteiger partial charge in [-0.3, -0.25) is 4.79 Å². The number of thioether (sulfide) groups is 1. The summed E-state index contributed by atoms with van der Waals surface area (Å²) < 4.78 is 10.5. The molecule has 0 aliphatic heterocycles. The second kappa shape index (κ2) is 9.23. The Kier molecular flexibility index (Phi) is 7.00. The van der Waals surface area contributed by atoms with Crippen molar-refractivity contribution in [3.63, 3.8) is 0 Å². The first-order chi connectivity index (χ1) is 11.6. The second-order valence-corrected chi connectivity index (χ2v) is 6.30. The average molecular weight is 345 g/mol. The molecule has 1 atom stereocenters. The summed E-state index contributed by atoms with van der Waals surface area (Å²) in [6, 6.07) is 15.5. The first-order valence-corrected chi connectivity index (χ1v) is 8.90. The van der Waals surface area contributed by atoms with E-state index in [9.17, 15) is 4.79 Å². The fourth-order valence-corrected chi connectivity index (χ4v) is 2.92. The van der Waals surface area contributed by atoms with Gasteiger partial charge in [-0.25, -0.2) is 0 Å². The lowest BCUT2D eigenvalue weighted by atomic mass is 10.1. The Hall–Kier alpha value is -2.14. The summed E-state index contributed by atoms with van der Waals surface area (Å²) in [4.78, 5) is 13.2. The van der Waals surface area contributed by atoms with Crippen LogP contribution in [0.25, 0.3) is 0 Å². The first kappa shape index (κ1) is 18.2. The van der Waals surface area contributed by atoms with E-state index in [-0.39, 0.29) is 11.9 Å². The third-order valence-electron chi connectivity index (χ3n) is 3.50. The third kappa shape index (κ3) is 5.49. The zero-order chi connectivity index (χ0) is 17.4. The van der Waals surface area contributed by atoms with E-state index >= 15 is 0 Å². The van der Waals surface area contributed by atoms with E-state index in [0.29, 0.717) is 12.4 Å². The molecule has 2 aromatic carbocycles. The number of amides is 1. The van der Waals surface area contributed by atoms with Crippen molar-refractivity contribution in [2.75, 3.05) is 19.5 Å². The zero-order valence-electron chi connectivity index (χ0n) is 14.2. The minimum atomic E-state index is -0.0374. The predicted molar refractivity (Wildman–Crippen MR) is 97.9 cm³/mol. The molecule has 0 saturated heterocycles. The van der Waals surface area contributed by atoms with Gasteiger partial charge in [0, 0.05) is 4.90 Å². The van der Waals surface area contributed by atoms with Gasteiger partial charge in [0.2, 0.25) is 5.91 Å². The second-order valence-electron chi connectivity index (χ2n) is 5.26. The van der Waals surface area contributed by atoms with Crippen LogP contribution < -0.4 is 14.8 Å². The lowest BCUT2D eigenvalue weighted by molar-refractivity contribution is -0.119. The smallest absolute Gasteiger partial charge is 0.230 e. The molecular weight excluding hydrogens is 322 g/mol. The van der Waals surface area contributed by atoms with Crippen LogP contribution in [0.5, 0.6) is 11.5 Å². The number of hydrogen-bond donors (Lipinski definition) is 1. The maximum absolute atomic E-state index is 12.1. The first-order valence-electron chi connectivity index (χ1n) is 7.91. The highest BCUT2D eigenvalue weighted by Gasteiger charge is 2.10. The monoisotopic (exact) mass is 345 g/mol. The molecule has 2 rings (SSSR count). The van der Waals surface area contributed by atoms with Gasteiger partial charge in [-0.15, -0.1) is 11.8 Å². The van der Waals surface area contributed by atoms with Gasteiger partial charge >= 0.3 is 0 Å². The largest absolute Gasteiger partial charge is 0.497 e. The van der Waals surface area contributed by atoms with E-state index in [4.69, 9.17) is 9.47 Å². The molecule has 1 N–H and O–H groups in total. The number of benzene rings is 2. The summed E-state index contributed by atoms with van der Waals surface area (Å²) in [7, 11) is 1.64. The van der Waals surface area contributed by atoms with E-state index in [1.165, 1.54) is 11.8 Å². The molecule has 0 unspecified atom stereocenters. The third-order valence-corrected chi connectivity index (χ3v) is 4.51. The number of carbonyl (C=O) groups is 1. The highest BCUT2D eigenvalue weighted by Crippen LogP contribution is 2.22. The van der Waals surface area contributed by atoms with Crippen molar-refractivity contribution in [2.45, 2.75) is 24.8 Å². The zero-order valence-corrected chi connectivity index (χ0v) is 15.1. The van der Waals surface area contributed by atoms with Gasteiger partial charge in [-0.1, -0.05) is 12.1 Å². The summed E-state index contributed by atoms with van der Waals surface area (Å²) in [6.07, 6.45) is 0. The van der Waals surface area contributed by atoms with Crippen LogP contribution in [0.15, 0.2) is 53.4 Å². The summed E-state index contributed by atoms with van der Waals surface area (Å²) in [5.41, 5.74) is 1.06. The molecule has 4 nitrogen and oxygen atoms in total. The molecule has 0 spiro atoms. The van der Waals surface area contributed by atoms with Crippen LogP contribution in [-0.4, -0.2) is 25.4 Å². The number of hydrogen-bond acceptors (Lipinski definition) is 4. The topological polar surface area (TPSA) is 47.6 Å². The normalized spacial score (nSPS) is 11.6. The SMILES string of the molecule is CCOc1ccc([C@H](C)NC(=O)CSc2ccc(OC)cc2)cc1. The van der Waals surface area contributed by atoms with Gasteiger partial charge < -0.3 is 14.8 Å². The van der Waals surface area contributed by atoms with Crippen LogP contribution in [0.4, 0.5) is 0 Å². The Labute approximate surface area is 147 Å². The van der Waals surface area contributed by atoms with Crippen molar-refractivity contribution < 1.29 is 14.3 Å². The van der Waals surface area contributed by atoms with E-state index in [2.05, 4.69) is 5.32 Å². The number of methoxy groups -OCH3 is 1. The van der Waals surface area contributed by atoms with Crippen LogP contribution in [0.1, 0.15) is 25.5 Å². The molecule has 0 heterocycles. The molecule has 0 aliphatic rings. The van der Waals surface area contributed by atoms with Crippen LogP contribution in [0.3, 0.4) is 0 Å². The lowest BCUT2D eigenvalue weighted by Crippen LogP contribution is -2.28. The van der Waals surface area contributed by atoms with Crippen molar-refractivity contribution in [1.29, 1.82) is 0 Å². The van der Waals surface area contributed by atoms with Crippen LogP contribution in [-0.2, 0) is 4.79 Å². The molecule has 1 amide bonds. The molecular formula is C19H23NO3S. The van der Waals surface area contributed by atoms with Crippen LogP contribution in [0, 0.1) is 0 Å². The molecule has 24 heavy (non-hydrogen) atoms. The average Bonchev–Trinajstić information content (AvgIpc) is 2.61. The summed E-state index contributed by atoms with van der Waals surface area (Å²) in [5.74, 6) is 2.05. The Morgan fingerprint density at radius 3 is 2.29 bits per heavy atom. The molecule has 0 aromatic heterocycles. The highest BCUT2D eigenvalue weighted by molar-refractivity contribution is 8.00. The summed E-state index contributed by atoms with van der Waals surface area (Å²) >= 11 is 1.51. The quantitative estimate of drug-likeness (QED) is 0.733. The number of ether oxygens (including phenoxy) is 2. The molecule has 128 valence electrons. The van der Waals surface area contributed by atoms with Gasteiger partial charge in [0.25, 0.3) is 0 Å². The van der Waals surface area contributed by atoms with Gasteiger partial charge in [0.15, 0.2) is 0 Å². The minimum Gasteiger partial charge on any atom is -0.497 e. The van der Waals surface area contributed by atoms with Gasteiger partial charge in [0.05, 0.1) is 25.5 Å². The standard InChI is InChI=1S/C19H23NO3S/c1-4-23-17-7-5-15(6-8-17)14(2)20-19(21)13-24-18-11-9-16(22-3)10-12-18/h5-12,14H,4,13H2,1-3H3,(H,20,21)/t14-/m0/s1. The van der Waals surface area contributed by atoms with Gasteiger partial charge in [0.1, 0.15) is 11.5 Å². The molecule has 0 fully saturated rings. The van der Waals surface area contributed by atoms with E-state index in [1.54, 1.807) is 7.11 Å². The van der Waals surface area contributed by atoms with Gasteiger partial charge in [-0.2, -0.15) is 0 Å². The van der Waals surface area contributed by atoms with Crippen LogP contribution >= 0.6 is 11.8 Å². The van der Waals surface area contributed by atoms with Crippen molar-refractivity contribution >= 4 is 17.7 Å². The van der Waals surface area contributed by atoms with Crippen molar-refractivity contribution in [1.82, 2.24) is 5.32 Å². The van der Waals surface area contributed by atoms with E-state index < -0.39 is 0 Å². The van der Waals surface area contributed by atoms with Crippen LogP contribution in [0.2, 0.25) is 0 Å². The van der Waals surface area contributed by atoms with E-state index in [1.807, 2.05) is 62.4 Å². The fraction of sp³-hybridized carbons (Fsp3) is 0.316. The number of carbonyl (C=O) groups excluding carboxylic acids is 1. The molecule has 0 saturated carbocycles. The highest BCUT2D eigenvalue weighted by atomic mass is 32.2. The van der Waals surface area contributed by atoms with E-state index in [0.717, 1.165) is 22.0 Å². The minimum absolute atomic E-state index is 0.0113. The lowest BCUT2D eigenvalue weighted by Gasteiger charge is -2.15. The Morgan fingerprint density at radius 1 is 1.08 bits per heavy atom. The van der Waals surface area contributed by atoms with Crippen molar-refractivity contribution in [3.8, 4) is 11.5 Å². The molecule has 0 radical (unpaired) electrons. The summed E-state index contributed by atoms with van der Waals surface area (Å²) in [5, 5.41) is 3.02. The molecule has 2 aromatic rings. The van der Waals surface area contributed by atoms with Gasteiger partial charge in [-0.05, 0) is 55.8 Å². The number of nitrogens with one attached hydrogen (secondary N) is 1. The van der Waals surface area contributed by atoms with Crippen molar-refractivity contribution in [3.05, 3.63) is 54.1 Å². The maximum Gasteiger partial charge on any atom is 0.230 e. The number of rotatable bonds is 8. The van der Waals surface area contributed by atoms with Crippen molar-refractivity contribution in [2.24, 2.45) is 0 Å². The Bertz CT molecular complexity index is 641. The molecule has 0 bridgehead atoms. The molecule has 0 aliphatic carbocycles. The predicted octanol–water partition coefficient (Wildman–Crippen LogP) is 4.06. The fourth-order valence-electron chi connectivity index (χ4n) is 2.21. The Balaban J connectivity index is 1.82. The Morgan fingerprint density at radius 2 is 1.71 bits per heavy atom. The summed E-state index contributed by atoms with van der Waals surface area (Å²) in [6.45, 7) is 4.58.